The van der Waals surface area contributed by atoms with Crippen LogP contribution in [0.5, 0.6) is 5.75 Å². The highest BCUT2D eigenvalue weighted by molar-refractivity contribution is 5.82. The number of benzene rings is 1. The maximum atomic E-state index is 12.2. The molecule has 0 aromatic heterocycles. The van der Waals surface area contributed by atoms with Gasteiger partial charge in [-0.15, -0.1) is 0 Å². The molecular formula is C12H12F3NO3. The van der Waals surface area contributed by atoms with Crippen LogP contribution in [0.4, 0.5) is 13.2 Å². The fourth-order valence-electron chi connectivity index (χ4n) is 2.14. The number of amides is 1. The molecule has 1 aliphatic rings. The highest BCUT2D eigenvalue weighted by Crippen LogP contribution is 2.40. The number of alkyl halides is 3. The first-order chi connectivity index (χ1) is 8.82. The Morgan fingerprint density at radius 1 is 1.42 bits per heavy atom. The number of fused-ring (bicyclic) bond motifs is 1. The molecule has 2 N–H and O–H groups in total. The summed E-state index contributed by atoms with van der Waals surface area (Å²) in [5.74, 6) is -1.56. The Kier molecular flexibility index (Phi) is 3.40. The summed E-state index contributed by atoms with van der Waals surface area (Å²) in [6, 6.07) is 3.84. The summed E-state index contributed by atoms with van der Waals surface area (Å²) in [7, 11) is 1.43. The summed E-state index contributed by atoms with van der Waals surface area (Å²) in [4.78, 5) is 10.9. The summed E-state index contributed by atoms with van der Waals surface area (Å²) < 4.78 is 41.6. The third-order valence-corrected chi connectivity index (χ3v) is 3.05. The smallest absolute Gasteiger partial charge is 0.471 e. The van der Waals surface area contributed by atoms with Crippen LogP contribution < -0.4 is 10.1 Å². The molecule has 19 heavy (non-hydrogen) atoms. The first kappa shape index (κ1) is 13.7. The molecule has 0 aliphatic heterocycles. The van der Waals surface area contributed by atoms with Crippen molar-refractivity contribution in [2.24, 2.45) is 0 Å². The van der Waals surface area contributed by atoms with Crippen LogP contribution in [-0.4, -0.2) is 24.3 Å². The minimum Gasteiger partial charge on any atom is -0.497 e. The van der Waals surface area contributed by atoms with Gasteiger partial charge >= 0.3 is 12.1 Å². The predicted octanol–water partition coefficient (Wildman–Crippen LogP) is 1.85. The molecule has 7 heteroatoms. The number of carbonyl (C=O) groups is 1. The van der Waals surface area contributed by atoms with Crippen molar-refractivity contribution in [1.82, 2.24) is 5.32 Å². The number of hydrogen-bond donors (Lipinski definition) is 2. The average Bonchev–Trinajstić information content (AvgIpc) is 2.64. The van der Waals surface area contributed by atoms with Gasteiger partial charge in [0.25, 0.3) is 0 Å². The van der Waals surface area contributed by atoms with E-state index in [-0.39, 0.29) is 6.42 Å². The number of halogens is 3. The molecule has 0 spiro atoms. The molecule has 1 aliphatic carbocycles. The van der Waals surface area contributed by atoms with Crippen LogP contribution >= 0.6 is 0 Å². The zero-order chi connectivity index (χ0) is 14.2. The number of hydrogen-bond acceptors (Lipinski definition) is 3. The van der Waals surface area contributed by atoms with Gasteiger partial charge in [0.05, 0.1) is 19.3 Å². The first-order valence-corrected chi connectivity index (χ1v) is 5.56. The SMILES string of the molecule is COc1ccc2c(c1)[C@H](NC(=O)C(F)(F)F)C[C@H]2O. The summed E-state index contributed by atoms with van der Waals surface area (Å²) in [5, 5.41) is 11.6. The lowest BCUT2D eigenvalue weighted by molar-refractivity contribution is -0.174. The largest absolute Gasteiger partial charge is 0.497 e. The highest BCUT2D eigenvalue weighted by Gasteiger charge is 2.42. The minimum atomic E-state index is -4.94. The molecule has 1 aromatic rings. The molecule has 1 aromatic carbocycles. The van der Waals surface area contributed by atoms with Gasteiger partial charge < -0.3 is 15.2 Å². The molecule has 104 valence electrons. The fourth-order valence-corrected chi connectivity index (χ4v) is 2.14. The van der Waals surface area contributed by atoms with Gasteiger partial charge in [-0.2, -0.15) is 13.2 Å². The molecule has 0 fully saturated rings. The highest BCUT2D eigenvalue weighted by atomic mass is 19.4. The van der Waals surface area contributed by atoms with Crippen molar-refractivity contribution in [3.05, 3.63) is 29.3 Å². The van der Waals surface area contributed by atoms with Crippen molar-refractivity contribution in [1.29, 1.82) is 0 Å². The second-order valence-corrected chi connectivity index (χ2v) is 4.27. The third-order valence-electron chi connectivity index (χ3n) is 3.05. The topological polar surface area (TPSA) is 58.6 Å². The molecule has 2 atom stereocenters. The number of rotatable bonds is 2. The lowest BCUT2D eigenvalue weighted by Gasteiger charge is -2.15. The number of nitrogens with one attached hydrogen (secondary N) is 1. The standard InChI is InChI=1S/C12H12F3NO3/c1-19-6-2-3-7-8(4-6)9(5-10(7)17)16-11(18)12(13,14)15/h2-4,9-10,17H,5H2,1H3,(H,16,18)/t9-,10-/m1/s1. The van der Waals surface area contributed by atoms with Crippen molar-refractivity contribution < 1.29 is 27.8 Å². The van der Waals surface area contributed by atoms with Gasteiger partial charge in [0.15, 0.2) is 0 Å². The summed E-state index contributed by atoms with van der Waals surface area (Å²) in [6.45, 7) is 0. The normalized spacial score (nSPS) is 21.9. The Bertz CT molecular complexity index is 501. The zero-order valence-electron chi connectivity index (χ0n) is 9.99. The van der Waals surface area contributed by atoms with E-state index in [0.29, 0.717) is 16.9 Å². The van der Waals surface area contributed by atoms with Crippen molar-refractivity contribution in [3.8, 4) is 5.75 Å². The molecular weight excluding hydrogens is 263 g/mol. The maximum absolute atomic E-state index is 12.2. The Balaban J connectivity index is 2.25. The molecule has 0 saturated heterocycles. The third kappa shape index (κ3) is 2.65. The lowest BCUT2D eigenvalue weighted by atomic mass is 10.1. The van der Waals surface area contributed by atoms with Gasteiger partial charge in [-0.25, -0.2) is 0 Å². The van der Waals surface area contributed by atoms with E-state index in [1.165, 1.54) is 13.2 Å². The fraction of sp³-hybridized carbons (Fsp3) is 0.417. The van der Waals surface area contributed by atoms with Crippen LogP contribution in [-0.2, 0) is 4.79 Å². The van der Waals surface area contributed by atoms with Crippen LogP contribution in [0.2, 0.25) is 0 Å². The number of carbonyl (C=O) groups excluding carboxylic acids is 1. The molecule has 1 amide bonds. The second kappa shape index (κ2) is 4.73. The van der Waals surface area contributed by atoms with E-state index in [1.807, 2.05) is 5.32 Å². The molecule has 0 unspecified atom stereocenters. The van der Waals surface area contributed by atoms with Gasteiger partial charge in [0.1, 0.15) is 5.75 Å². The summed E-state index contributed by atoms with van der Waals surface area (Å²) >= 11 is 0. The van der Waals surface area contributed by atoms with Crippen molar-refractivity contribution >= 4 is 5.91 Å². The van der Waals surface area contributed by atoms with Crippen LogP contribution in [0.15, 0.2) is 18.2 Å². The molecule has 0 radical (unpaired) electrons. The van der Waals surface area contributed by atoms with E-state index in [2.05, 4.69) is 0 Å². The van der Waals surface area contributed by atoms with Crippen LogP contribution in [0.3, 0.4) is 0 Å². The van der Waals surface area contributed by atoms with Gasteiger partial charge in [0, 0.05) is 6.42 Å². The van der Waals surface area contributed by atoms with E-state index in [9.17, 15) is 23.1 Å². The van der Waals surface area contributed by atoms with Gasteiger partial charge in [-0.1, -0.05) is 6.07 Å². The van der Waals surface area contributed by atoms with E-state index in [0.717, 1.165) is 0 Å². The first-order valence-electron chi connectivity index (χ1n) is 5.56. The van der Waals surface area contributed by atoms with E-state index < -0.39 is 24.2 Å². The molecule has 4 nitrogen and oxygen atoms in total. The summed E-state index contributed by atoms with van der Waals surface area (Å²) in [5.41, 5.74) is 0.956. The molecule has 2 rings (SSSR count). The van der Waals surface area contributed by atoms with Gasteiger partial charge in [0.2, 0.25) is 0 Å². The Morgan fingerprint density at radius 3 is 2.68 bits per heavy atom. The maximum Gasteiger partial charge on any atom is 0.471 e. The molecule has 0 saturated carbocycles. The number of aliphatic hydroxyl groups is 1. The van der Waals surface area contributed by atoms with Crippen LogP contribution in [0.1, 0.15) is 29.7 Å². The van der Waals surface area contributed by atoms with Gasteiger partial charge in [-0.05, 0) is 23.3 Å². The van der Waals surface area contributed by atoms with Crippen molar-refractivity contribution in [2.75, 3.05) is 7.11 Å². The van der Waals surface area contributed by atoms with E-state index in [1.54, 1.807) is 12.1 Å². The van der Waals surface area contributed by atoms with Crippen molar-refractivity contribution in [3.63, 3.8) is 0 Å². The van der Waals surface area contributed by atoms with E-state index >= 15 is 0 Å². The summed E-state index contributed by atoms with van der Waals surface area (Å²) in [6.07, 6.45) is -5.81. The minimum absolute atomic E-state index is 0.0182. The second-order valence-electron chi connectivity index (χ2n) is 4.27. The number of methoxy groups -OCH3 is 1. The Labute approximate surface area is 107 Å². The lowest BCUT2D eigenvalue weighted by Crippen LogP contribution is -2.38. The Morgan fingerprint density at radius 2 is 2.11 bits per heavy atom. The molecule has 0 heterocycles. The van der Waals surface area contributed by atoms with E-state index in [4.69, 9.17) is 4.74 Å². The van der Waals surface area contributed by atoms with Crippen molar-refractivity contribution in [2.45, 2.75) is 24.7 Å². The molecule has 0 bridgehead atoms. The Hall–Kier alpha value is -1.76. The quantitative estimate of drug-likeness (QED) is 0.866. The zero-order valence-corrected chi connectivity index (χ0v) is 9.99. The number of ether oxygens (including phenoxy) is 1. The number of aliphatic hydroxyl groups excluding tert-OH is 1. The van der Waals surface area contributed by atoms with Gasteiger partial charge in [-0.3, -0.25) is 4.79 Å². The van der Waals surface area contributed by atoms with Crippen LogP contribution in [0, 0.1) is 0 Å². The average molecular weight is 275 g/mol. The predicted molar refractivity (Wildman–Crippen MR) is 59.5 cm³/mol. The van der Waals surface area contributed by atoms with Crippen LogP contribution in [0.25, 0.3) is 0 Å². The monoisotopic (exact) mass is 275 g/mol.